The summed E-state index contributed by atoms with van der Waals surface area (Å²) < 4.78 is 38.1. The normalized spacial score (nSPS) is 15.7. The first-order valence-corrected chi connectivity index (χ1v) is 12.4. The molecule has 3 rings (SSSR count). The van der Waals surface area contributed by atoms with E-state index < -0.39 is 28.0 Å². The number of hydrogen-bond acceptors (Lipinski definition) is 6. The lowest BCUT2D eigenvalue weighted by molar-refractivity contribution is -0.123. The Hall–Kier alpha value is -2.27. The molecule has 0 unspecified atom stereocenters. The van der Waals surface area contributed by atoms with Gasteiger partial charge in [0.2, 0.25) is 10.0 Å². The lowest BCUT2D eigenvalue weighted by Gasteiger charge is -2.26. The van der Waals surface area contributed by atoms with Crippen LogP contribution in [-0.2, 0) is 30.7 Å². The molecule has 10 heteroatoms. The van der Waals surface area contributed by atoms with Crippen LogP contribution in [0.5, 0.6) is 0 Å². The van der Waals surface area contributed by atoms with Gasteiger partial charge in [-0.25, -0.2) is 13.2 Å². The van der Waals surface area contributed by atoms with Crippen molar-refractivity contribution in [2.45, 2.75) is 31.3 Å². The van der Waals surface area contributed by atoms with Crippen molar-refractivity contribution in [1.82, 2.24) is 4.31 Å². The highest BCUT2D eigenvalue weighted by molar-refractivity contribution is 9.10. The Labute approximate surface area is 196 Å². The average Bonchev–Trinajstić information content (AvgIpc) is 2.80. The molecule has 0 spiro atoms. The van der Waals surface area contributed by atoms with Gasteiger partial charge in [0.25, 0.3) is 5.91 Å². The van der Waals surface area contributed by atoms with Gasteiger partial charge in [0.1, 0.15) is 0 Å². The second-order valence-electron chi connectivity index (χ2n) is 7.25. The number of sulfonamides is 1. The molecule has 0 saturated carbocycles. The Morgan fingerprint density at radius 2 is 1.81 bits per heavy atom. The fourth-order valence-corrected chi connectivity index (χ4v) is 5.46. The minimum absolute atomic E-state index is 0.0342. The molecule has 32 heavy (non-hydrogen) atoms. The summed E-state index contributed by atoms with van der Waals surface area (Å²) in [6.07, 6.45) is -0.185. The van der Waals surface area contributed by atoms with E-state index in [0.717, 1.165) is 12.0 Å². The van der Waals surface area contributed by atoms with E-state index in [2.05, 4.69) is 21.2 Å². The summed E-state index contributed by atoms with van der Waals surface area (Å²) in [5, 5.41) is 2.70. The molecule has 1 aliphatic rings. The first kappa shape index (κ1) is 24.4. The largest absolute Gasteiger partial charge is 0.449 e. The number of carbonyl (C=O) groups is 2. The number of nitrogens with zero attached hydrogens (tertiary/aromatic N) is 1. The van der Waals surface area contributed by atoms with Crippen LogP contribution in [0.25, 0.3) is 0 Å². The lowest BCUT2D eigenvalue weighted by Crippen LogP contribution is -2.40. The van der Waals surface area contributed by atoms with Crippen LogP contribution in [0.1, 0.15) is 29.8 Å². The molecule has 2 aromatic rings. The zero-order chi connectivity index (χ0) is 23.3. The van der Waals surface area contributed by atoms with Crippen molar-refractivity contribution in [1.29, 1.82) is 0 Å². The van der Waals surface area contributed by atoms with Gasteiger partial charge in [-0.1, -0.05) is 19.1 Å². The monoisotopic (exact) mass is 524 g/mol. The third-order valence-corrected chi connectivity index (χ3v) is 7.93. The van der Waals surface area contributed by atoms with E-state index in [-0.39, 0.29) is 23.5 Å². The van der Waals surface area contributed by atoms with Gasteiger partial charge < -0.3 is 14.8 Å². The maximum atomic E-state index is 13.0. The van der Waals surface area contributed by atoms with Gasteiger partial charge in [0.15, 0.2) is 6.10 Å². The summed E-state index contributed by atoms with van der Waals surface area (Å²) in [7, 11) is -3.82. The summed E-state index contributed by atoms with van der Waals surface area (Å²) >= 11 is 3.25. The van der Waals surface area contributed by atoms with Gasteiger partial charge in [-0.2, -0.15) is 4.31 Å². The van der Waals surface area contributed by atoms with Crippen molar-refractivity contribution in [2.75, 3.05) is 31.6 Å². The van der Waals surface area contributed by atoms with Crippen LogP contribution in [0.2, 0.25) is 0 Å². The molecule has 1 N–H and O–H groups in total. The van der Waals surface area contributed by atoms with Crippen molar-refractivity contribution in [3.8, 4) is 0 Å². The van der Waals surface area contributed by atoms with Crippen LogP contribution in [-0.4, -0.2) is 57.0 Å². The number of ether oxygens (including phenoxy) is 2. The zero-order valence-corrected chi connectivity index (χ0v) is 20.2. The van der Waals surface area contributed by atoms with Crippen LogP contribution in [0.15, 0.2) is 51.8 Å². The molecular formula is C22H25BrN2O6S. The van der Waals surface area contributed by atoms with Gasteiger partial charge in [0.05, 0.1) is 23.7 Å². The van der Waals surface area contributed by atoms with Crippen LogP contribution in [0, 0.1) is 0 Å². The van der Waals surface area contributed by atoms with E-state index in [0.29, 0.717) is 23.4 Å². The van der Waals surface area contributed by atoms with Crippen LogP contribution >= 0.6 is 15.9 Å². The van der Waals surface area contributed by atoms with Crippen molar-refractivity contribution in [3.63, 3.8) is 0 Å². The Morgan fingerprint density at radius 3 is 2.44 bits per heavy atom. The van der Waals surface area contributed by atoms with E-state index in [1.807, 2.05) is 19.1 Å². The minimum Gasteiger partial charge on any atom is -0.449 e. The number of nitrogens with one attached hydrogen (secondary N) is 1. The topological polar surface area (TPSA) is 102 Å². The number of benzene rings is 2. The number of anilines is 1. The number of carbonyl (C=O) groups excluding carboxylic acids is 2. The van der Waals surface area contributed by atoms with Gasteiger partial charge in [-0.15, -0.1) is 0 Å². The quantitative estimate of drug-likeness (QED) is 0.558. The summed E-state index contributed by atoms with van der Waals surface area (Å²) in [5.74, 6) is -1.28. The zero-order valence-electron chi connectivity index (χ0n) is 17.8. The fraction of sp³-hybridized carbons (Fsp3) is 0.364. The third-order valence-electron chi connectivity index (χ3n) is 5.04. The van der Waals surface area contributed by atoms with Crippen LogP contribution in [0.4, 0.5) is 5.69 Å². The van der Waals surface area contributed by atoms with Gasteiger partial charge in [-0.3, -0.25) is 4.79 Å². The van der Waals surface area contributed by atoms with Crippen molar-refractivity contribution in [3.05, 3.63) is 58.1 Å². The number of morpholine rings is 1. The molecule has 1 aliphatic heterocycles. The van der Waals surface area contributed by atoms with Crippen molar-refractivity contribution < 1.29 is 27.5 Å². The smallest absolute Gasteiger partial charge is 0.338 e. The number of esters is 1. The highest BCUT2D eigenvalue weighted by Crippen LogP contribution is 2.27. The highest BCUT2D eigenvalue weighted by Gasteiger charge is 2.29. The summed E-state index contributed by atoms with van der Waals surface area (Å²) in [6, 6.07) is 11.6. The molecule has 172 valence electrons. The maximum Gasteiger partial charge on any atom is 0.338 e. The van der Waals surface area contributed by atoms with E-state index >= 15 is 0 Å². The van der Waals surface area contributed by atoms with Crippen molar-refractivity contribution >= 4 is 43.5 Å². The Kier molecular flexibility index (Phi) is 8.05. The van der Waals surface area contributed by atoms with Crippen LogP contribution < -0.4 is 5.32 Å². The van der Waals surface area contributed by atoms with Gasteiger partial charge in [-0.05, 0) is 65.2 Å². The number of aryl methyl sites for hydroxylation is 1. The molecule has 0 bridgehead atoms. The summed E-state index contributed by atoms with van der Waals surface area (Å²) in [4.78, 5) is 25.0. The SMILES string of the molecule is CCc1ccc(NC(=O)[C@@H](C)OC(=O)c2ccc(Br)c(S(=O)(=O)N3CCOCC3)c2)cc1. The Bertz CT molecular complexity index is 1080. The first-order chi connectivity index (χ1) is 15.2. The van der Waals surface area contributed by atoms with E-state index in [4.69, 9.17) is 9.47 Å². The first-order valence-electron chi connectivity index (χ1n) is 10.2. The summed E-state index contributed by atoms with van der Waals surface area (Å²) in [6.45, 7) is 4.59. The predicted molar refractivity (Wildman–Crippen MR) is 123 cm³/mol. The van der Waals surface area contributed by atoms with Gasteiger partial charge in [0, 0.05) is 23.2 Å². The van der Waals surface area contributed by atoms with E-state index in [1.165, 1.54) is 29.4 Å². The fourth-order valence-electron chi connectivity index (χ4n) is 3.10. The second-order valence-corrected chi connectivity index (χ2v) is 10.0. The maximum absolute atomic E-state index is 13.0. The predicted octanol–water partition coefficient (Wildman–Crippen LogP) is 3.22. The molecular weight excluding hydrogens is 500 g/mol. The van der Waals surface area contributed by atoms with Gasteiger partial charge >= 0.3 is 5.97 Å². The summed E-state index contributed by atoms with van der Waals surface area (Å²) in [5.41, 5.74) is 1.77. The Morgan fingerprint density at radius 1 is 1.16 bits per heavy atom. The number of hydrogen-bond donors (Lipinski definition) is 1. The highest BCUT2D eigenvalue weighted by atomic mass is 79.9. The number of rotatable bonds is 7. The Balaban J connectivity index is 1.70. The lowest BCUT2D eigenvalue weighted by atomic mass is 10.1. The van der Waals surface area contributed by atoms with E-state index in [9.17, 15) is 18.0 Å². The molecule has 1 amide bonds. The van der Waals surface area contributed by atoms with E-state index in [1.54, 1.807) is 12.1 Å². The second kappa shape index (κ2) is 10.6. The number of amides is 1. The molecule has 1 atom stereocenters. The number of halogens is 1. The molecule has 0 radical (unpaired) electrons. The minimum atomic E-state index is -3.82. The molecule has 8 nitrogen and oxygen atoms in total. The molecule has 1 fully saturated rings. The standard InChI is InChI=1S/C22H25BrN2O6S/c1-3-16-4-7-18(8-5-16)24-21(26)15(2)31-22(27)17-6-9-19(23)20(14-17)32(28,29)25-10-12-30-13-11-25/h4-9,14-15H,3,10-13H2,1-2H3,(H,24,26)/t15-/m1/s1. The molecule has 0 aliphatic carbocycles. The molecule has 1 saturated heterocycles. The molecule has 1 heterocycles. The molecule has 2 aromatic carbocycles. The van der Waals surface area contributed by atoms with Crippen molar-refractivity contribution in [2.24, 2.45) is 0 Å². The third kappa shape index (κ3) is 5.74. The molecule has 0 aromatic heterocycles. The van der Waals surface area contributed by atoms with Crippen LogP contribution in [0.3, 0.4) is 0 Å². The average molecular weight is 525 g/mol.